The second kappa shape index (κ2) is 6.81. The molecule has 0 aromatic heterocycles. The van der Waals surface area contributed by atoms with E-state index in [2.05, 4.69) is 24.3 Å². The largest absolute Gasteiger partial charge is 0.340 e. The van der Waals surface area contributed by atoms with Crippen LogP contribution in [0.25, 0.3) is 0 Å². The van der Waals surface area contributed by atoms with Crippen LogP contribution in [-0.2, 0) is 11.2 Å². The lowest BCUT2D eigenvalue weighted by Gasteiger charge is -2.32. The molecule has 0 radical (unpaired) electrons. The Morgan fingerprint density at radius 1 is 1.05 bits per heavy atom. The molecule has 1 saturated heterocycles. The van der Waals surface area contributed by atoms with Crippen molar-refractivity contribution < 1.29 is 4.79 Å². The molecular formula is C18H19NOS. The minimum absolute atomic E-state index is 0.238. The van der Waals surface area contributed by atoms with Gasteiger partial charge in [0.1, 0.15) is 0 Å². The Hall–Kier alpha value is -1.74. The first-order chi connectivity index (χ1) is 10.3. The summed E-state index contributed by atoms with van der Waals surface area (Å²) in [5.41, 5.74) is 2.41. The Balaban J connectivity index is 1.64. The first-order valence-electron chi connectivity index (χ1n) is 7.31. The van der Waals surface area contributed by atoms with Crippen molar-refractivity contribution in [3.05, 3.63) is 71.8 Å². The van der Waals surface area contributed by atoms with Gasteiger partial charge < -0.3 is 4.90 Å². The van der Waals surface area contributed by atoms with Gasteiger partial charge in [-0.1, -0.05) is 60.7 Å². The molecular weight excluding hydrogens is 278 g/mol. The minimum Gasteiger partial charge on any atom is -0.340 e. The number of carbonyl (C=O) groups is 1. The molecule has 3 heteroatoms. The summed E-state index contributed by atoms with van der Waals surface area (Å²) in [6.07, 6.45) is 0.507. The first kappa shape index (κ1) is 14.2. The van der Waals surface area contributed by atoms with Crippen molar-refractivity contribution in [2.45, 2.75) is 11.7 Å². The Kier molecular flexibility index (Phi) is 4.61. The average Bonchev–Trinajstić information content (AvgIpc) is 2.57. The van der Waals surface area contributed by atoms with E-state index in [-0.39, 0.29) is 5.91 Å². The lowest BCUT2D eigenvalue weighted by Crippen LogP contribution is -2.40. The molecule has 0 N–H and O–H groups in total. The van der Waals surface area contributed by atoms with E-state index in [1.165, 1.54) is 5.56 Å². The molecule has 108 valence electrons. The summed E-state index contributed by atoms with van der Waals surface area (Å²) in [6, 6.07) is 20.5. The number of benzene rings is 2. The number of hydrogen-bond donors (Lipinski definition) is 0. The Labute approximate surface area is 130 Å². The molecule has 1 aliphatic heterocycles. The SMILES string of the molecule is O=C(Cc1ccccc1)N1CCSC(c2ccccc2)C1. The van der Waals surface area contributed by atoms with Crippen molar-refractivity contribution >= 4 is 17.7 Å². The van der Waals surface area contributed by atoms with Crippen LogP contribution < -0.4 is 0 Å². The summed E-state index contributed by atoms with van der Waals surface area (Å²) in [4.78, 5) is 14.5. The van der Waals surface area contributed by atoms with Gasteiger partial charge in [-0.15, -0.1) is 0 Å². The van der Waals surface area contributed by atoms with E-state index in [1.54, 1.807) is 0 Å². The second-order valence-electron chi connectivity index (χ2n) is 5.27. The summed E-state index contributed by atoms with van der Waals surface area (Å²) in [5.74, 6) is 1.25. The fourth-order valence-corrected chi connectivity index (χ4v) is 3.87. The van der Waals surface area contributed by atoms with Crippen molar-refractivity contribution in [1.82, 2.24) is 4.90 Å². The van der Waals surface area contributed by atoms with E-state index in [0.717, 1.165) is 24.4 Å². The zero-order chi connectivity index (χ0) is 14.5. The predicted molar refractivity (Wildman–Crippen MR) is 88.4 cm³/mol. The number of nitrogens with zero attached hydrogens (tertiary/aromatic N) is 1. The fourth-order valence-electron chi connectivity index (χ4n) is 2.63. The second-order valence-corrected chi connectivity index (χ2v) is 6.58. The van der Waals surface area contributed by atoms with Crippen molar-refractivity contribution in [2.75, 3.05) is 18.8 Å². The zero-order valence-electron chi connectivity index (χ0n) is 11.9. The Morgan fingerprint density at radius 3 is 2.43 bits per heavy atom. The Morgan fingerprint density at radius 2 is 1.71 bits per heavy atom. The molecule has 21 heavy (non-hydrogen) atoms. The molecule has 2 aromatic carbocycles. The summed E-state index contributed by atoms with van der Waals surface area (Å²) in [5, 5.41) is 0.402. The molecule has 0 saturated carbocycles. The summed E-state index contributed by atoms with van der Waals surface area (Å²) in [6.45, 7) is 1.68. The van der Waals surface area contributed by atoms with Crippen LogP contribution in [0.15, 0.2) is 60.7 Å². The maximum atomic E-state index is 12.5. The molecule has 2 aromatic rings. The van der Waals surface area contributed by atoms with E-state index in [4.69, 9.17) is 0 Å². The predicted octanol–water partition coefficient (Wildman–Crippen LogP) is 3.55. The lowest BCUT2D eigenvalue weighted by molar-refractivity contribution is -0.130. The standard InChI is InChI=1S/C18H19NOS/c20-18(13-15-7-3-1-4-8-15)19-11-12-21-17(14-19)16-9-5-2-6-10-16/h1-10,17H,11-14H2. The molecule has 1 fully saturated rings. The van der Waals surface area contributed by atoms with Crippen molar-refractivity contribution in [3.63, 3.8) is 0 Å². The van der Waals surface area contributed by atoms with Crippen LogP contribution in [0.3, 0.4) is 0 Å². The molecule has 1 unspecified atom stereocenters. The number of hydrogen-bond acceptors (Lipinski definition) is 2. The van der Waals surface area contributed by atoms with Gasteiger partial charge in [0.25, 0.3) is 0 Å². The monoisotopic (exact) mass is 297 g/mol. The van der Waals surface area contributed by atoms with E-state index >= 15 is 0 Å². The number of amides is 1. The van der Waals surface area contributed by atoms with Gasteiger partial charge in [0.2, 0.25) is 5.91 Å². The molecule has 1 amide bonds. The molecule has 0 aliphatic carbocycles. The fraction of sp³-hybridized carbons (Fsp3) is 0.278. The zero-order valence-corrected chi connectivity index (χ0v) is 12.8. The molecule has 0 spiro atoms. The Bertz CT molecular complexity index is 585. The van der Waals surface area contributed by atoms with E-state index in [1.807, 2.05) is 53.1 Å². The van der Waals surface area contributed by atoms with Crippen LogP contribution in [0.2, 0.25) is 0 Å². The molecule has 0 bridgehead atoms. The molecule has 3 rings (SSSR count). The van der Waals surface area contributed by atoms with Gasteiger partial charge in [0, 0.05) is 24.1 Å². The third-order valence-corrected chi connectivity index (χ3v) is 5.03. The third kappa shape index (κ3) is 3.67. The molecule has 1 atom stereocenters. The smallest absolute Gasteiger partial charge is 0.227 e. The van der Waals surface area contributed by atoms with Gasteiger partial charge in [0.05, 0.1) is 6.42 Å². The highest BCUT2D eigenvalue weighted by Gasteiger charge is 2.24. The topological polar surface area (TPSA) is 20.3 Å². The summed E-state index contributed by atoms with van der Waals surface area (Å²) < 4.78 is 0. The van der Waals surface area contributed by atoms with E-state index in [9.17, 15) is 4.79 Å². The third-order valence-electron chi connectivity index (χ3n) is 3.79. The highest BCUT2D eigenvalue weighted by molar-refractivity contribution is 7.99. The van der Waals surface area contributed by atoms with Crippen molar-refractivity contribution in [3.8, 4) is 0 Å². The highest BCUT2D eigenvalue weighted by Crippen LogP contribution is 2.33. The van der Waals surface area contributed by atoms with Crippen LogP contribution >= 0.6 is 11.8 Å². The van der Waals surface area contributed by atoms with Crippen LogP contribution in [0.4, 0.5) is 0 Å². The number of rotatable bonds is 3. The van der Waals surface area contributed by atoms with Gasteiger partial charge in [-0.3, -0.25) is 4.79 Å². The first-order valence-corrected chi connectivity index (χ1v) is 8.36. The van der Waals surface area contributed by atoms with Crippen molar-refractivity contribution in [2.24, 2.45) is 0 Å². The van der Waals surface area contributed by atoms with Gasteiger partial charge in [-0.05, 0) is 11.1 Å². The number of carbonyl (C=O) groups excluding carboxylic acids is 1. The molecule has 1 aliphatic rings. The lowest BCUT2D eigenvalue weighted by atomic mass is 10.1. The maximum absolute atomic E-state index is 12.5. The van der Waals surface area contributed by atoms with Crippen LogP contribution in [0, 0.1) is 0 Å². The van der Waals surface area contributed by atoms with Crippen LogP contribution in [-0.4, -0.2) is 29.6 Å². The van der Waals surface area contributed by atoms with Gasteiger partial charge in [-0.2, -0.15) is 11.8 Å². The number of thioether (sulfide) groups is 1. The molecule has 1 heterocycles. The maximum Gasteiger partial charge on any atom is 0.227 e. The van der Waals surface area contributed by atoms with Gasteiger partial charge in [-0.25, -0.2) is 0 Å². The van der Waals surface area contributed by atoms with Gasteiger partial charge in [0.15, 0.2) is 0 Å². The summed E-state index contributed by atoms with van der Waals surface area (Å²) in [7, 11) is 0. The van der Waals surface area contributed by atoms with Crippen molar-refractivity contribution in [1.29, 1.82) is 0 Å². The van der Waals surface area contributed by atoms with E-state index < -0.39 is 0 Å². The quantitative estimate of drug-likeness (QED) is 0.863. The summed E-state index contributed by atoms with van der Waals surface area (Å²) >= 11 is 1.95. The normalized spacial score (nSPS) is 18.5. The van der Waals surface area contributed by atoms with Gasteiger partial charge >= 0.3 is 0 Å². The minimum atomic E-state index is 0.238. The van der Waals surface area contributed by atoms with Crippen LogP contribution in [0.1, 0.15) is 16.4 Å². The van der Waals surface area contributed by atoms with Crippen LogP contribution in [0.5, 0.6) is 0 Å². The highest BCUT2D eigenvalue weighted by atomic mass is 32.2. The van der Waals surface area contributed by atoms with E-state index in [0.29, 0.717) is 11.7 Å². The molecule has 2 nitrogen and oxygen atoms in total. The average molecular weight is 297 g/mol.